The largest absolute Gasteiger partial charge is 0.424 e. The van der Waals surface area contributed by atoms with E-state index in [1.807, 2.05) is 30.5 Å². The smallest absolute Gasteiger partial charge is 0.295 e. The summed E-state index contributed by atoms with van der Waals surface area (Å²) in [5.41, 5.74) is 4.14. The lowest BCUT2D eigenvalue weighted by molar-refractivity contribution is 0.176. The number of H-pyrrole nitrogens is 1. The van der Waals surface area contributed by atoms with E-state index < -0.39 is 0 Å². The molecule has 1 atom stereocenters. The second kappa shape index (κ2) is 7.48. The molecule has 5 rings (SSSR count). The van der Waals surface area contributed by atoms with Crippen LogP contribution in [0.4, 0.5) is 6.01 Å². The van der Waals surface area contributed by atoms with Gasteiger partial charge in [-0.25, -0.2) is 4.98 Å². The van der Waals surface area contributed by atoms with Gasteiger partial charge in [0.1, 0.15) is 5.52 Å². The highest BCUT2D eigenvalue weighted by molar-refractivity contribution is 5.74. The van der Waals surface area contributed by atoms with Gasteiger partial charge in [-0.1, -0.05) is 42.5 Å². The fraction of sp³-hybridized carbons (Fsp3) is 0.273. The van der Waals surface area contributed by atoms with Gasteiger partial charge < -0.3 is 14.7 Å². The van der Waals surface area contributed by atoms with Crippen LogP contribution in [0.5, 0.6) is 0 Å². The van der Waals surface area contributed by atoms with Gasteiger partial charge in [0.05, 0.1) is 18.1 Å². The second-order valence-electron chi connectivity index (χ2n) is 7.26. The third-order valence-corrected chi connectivity index (χ3v) is 5.45. The van der Waals surface area contributed by atoms with Crippen LogP contribution in [0.25, 0.3) is 11.1 Å². The average Bonchev–Trinajstić information content (AvgIpc) is 3.40. The highest BCUT2D eigenvalue weighted by Gasteiger charge is 2.28. The van der Waals surface area contributed by atoms with Crippen LogP contribution in [0, 0.1) is 0 Å². The van der Waals surface area contributed by atoms with Crippen LogP contribution in [0.15, 0.2) is 71.5 Å². The summed E-state index contributed by atoms with van der Waals surface area (Å²) in [7, 11) is 0. The molecule has 1 fully saturated rings. The predicted molar refractivity (Wildman–Crippen MR) is 109 cm³/mol. The molecular formula is C22H23N5O. The standard InChI is InChI=1S/C22H23N5O/c1-2-6-16(7-3-1)21(19-14-23-15-24-19)27-12-10-17(11-13-27)25-22-26-18-8-4-5-9-20(18)28-22/h1-9,14-15,17,21H,10-13H2,(H,23,24)(H,25,26). The van der Waals surface area contributed by atoms with Crippen molar-refractivity contribution in [1.29, 1.82) is 0 Å². The topological polar surface area (TPSA) is 70.0 Å². The SMILES string of the molecule is c1ccc(C(c2cnc[nH]2)N2CCC(Nc3nc4ccccc4o3)CC2)cc1. The molecule has 0 aliphatic carbocycles. The van der Waals surface area contributed by atoms with Gasteiger partial charge in [-0.3, -0.25) is 4.90 Å². The maximum Gasteiger partial charge on any atom is 0.295 e. The fourth-order valence-corrected chi connectivity index (χ4v) is 4.05. The van der Waals surface area contributed by atoms with Gasteiger partial charge in [-0.2, -0.15) is 4.98 Å². The third-order valence-electron chi connectivity index (χ3n) is 5.45. The summed E-state index contributed by atoms with van der Waals surface area (Å²) in [5, 5.41) is 3.48. The molecule has 4 aromatic rings. The Bertz CT molecular complexity index is 986. The zero-order valence-corrected chi connectivity index (χ0v) is 15.6. The molecule has 1 aliphatic heterocycles. The quantitative estimate of drug-likeness (QED) is 0.548. The van der Waals surface area contributed by atoms with Crippen molar-refractivity contribution in [3.8, 4) is 0 Å². The Morgan fingerprint density at radius 2 is 1.82 bits per heavy atom. The highest BCUT2D eigenvalue weighted by atomic mass is 16.4. The van der Waals surface area contributed by atoms with Crippen molar-refractivity contribution in [1.82, 2.24) is 19.9 Å². The minimum Gasteiger partial charge on any atom is -0.424 e. The molecule has 1 aliphatic rings. The van der Waals surface area contributed by atoms with E-state index in [9.17, 15) is 0 Å². The number of para-hydroxylation sites is 2. The maximum atomic E-state index is 5.82. The number of aromatic amines is 1. The van der Waals surface area contributed by atoms with Gasteiger partial charge in [0, 0.05) is 25.3 Å². The summed E-state index contributed by atoms with van der Waals surface area (Å²) in [6.07, 6.45) is 5.76. The molecule has 0 bridgehead atoms. The normalized spacial score (nSPS) is 17.0. The molecule has 6 nitrogen and oxygen atoms in total. The van der Waals surface area contributed by atoms with Crippen molar-refractivity contribution in [3.63, 3.8) is 0 Å². The number of nitrogens with zero attached hydrogens (tertiary/aromatic N) is 3. The van der Waals surface area contributed by atoms with Crippen molar-refractivity contribution < 1.29 is 4.42 Å². The van der Waals surface area contributed by atoms with E-state index in [1.54, 1.807) is 6.33 Å². The number of fused-ring (bicyclic) bond motifs is 1. The number of likely N-dealkylation sites (tertiary alicyclic amines) is 1. The molecule has 0 spiro atoms. The summed E-state index contributed by atoms with van der Waals surface area (Å²) in [6, 6.07) is 19.7. The first-order valence-corrected chi connectivity index (χ1v) is 9.76. The van der Waals surface area contributed by atoms with Gasteiger partial charge in [-0.15, -0.1) is 0 Å². The van der Waals surface area contributed by atoms with Crippen LogP contribution in [0.3, 0.4) is 0 Å². The Labute approximate surface area is 163 Å². The zero-order valence-electron chi connectivity index (χ0n) is 15.6. The van der Waals surface area contributed by atoms with Crippen LogP contribution < -0.4 is 5.32 Å². The number of aromatic nitrogens is 3. The number of hydrogen-bond acceptors (Lipinski definition) is 5. The molecule has 2 aromatic heterocycles. The Hall–Kier alpha value is -3.12. The van der Waals surface area contributed by atoms with Gasteiger partial charge in [-0.05, 0) is 30.5 Å². The van der Waals surface area contributed by atoms with E-state index >= 15 is 0 Å². The predicted octanol–water partition coefficient (Wildman–Crippen LogP) is 4.22. The van der Waals surface area contributed by atoms with Crippen LogP contribution in [-0.2, 0) is 0 Å². The van der Waals surface area contributed by atoms with E-state index in [2.05, 4.69) is 55.5 Å². The number of anilines is 1. The van der Waals surface area contributed by atoms with Gasteiger partial charge in [0.25, 0.3) is 6.01 Å². The molecule has 142 valence electrons. The highest BCUT2D eigenvalue weighted by Crippen LogP contribution is 2.30. The van der Waals surface area contributed by atoms with Crippen LogP contribution >= 0.6 is 0 Å². The number of benzene rings is 2. The van der Waals surface area contributed by atoms with Gasteiger partial charge in [0.15, 0.2) is 5.58 Å². The Kier molecular flexibility index (Phi) is 4.54. The lowest BCUT2D eigenvalue weighted by atomic mass is 9.97. The van der Waals surface area contributed by atoms with Crippen molar-refractivity contribution >= 4 is 17.1 Å². The third kappa shape index (κ3) is 3.39. The minimum absolute atomic E-state index is 0.203. The Morgan fingerprint density at radius 3 is 2.57 bits per heavy atom. The molecule has 2 aromatic carbocycles. The monoisotopic (exact) mass is 373 g/mol. The average molecular weight is 373 g/mol. The number of piperidine rings is 1. The second-order valence-corrected chi connectivity index (χ2v) is 7.26. The van der Waals surface area contributed by atoms with E-state index in [4.69, 9.17) is 4.42 Å². The van der Waals surface area contributed by atoms with Crippen LogP contribution in [-0.4, -0.2) is 39.0 Å². The molecule has 1 saturated heterocycles. The van der Waals surface area contributed by atoms with Crippen molar-refractivity contribution in [2.45, 2.75) is 24.9 Å². The summed E-state index contributed by atoms with van der Waals surface area (Å²) < 4.78 is 5.82. The summed E-state index contributed by atoms with van der Waals surface area (Å²) in [6.45, 7) is 1.99. The Morgan fingerprint density at radius 1 is 1.04 bits per heavy atom. The molecule has 2 N–H and O–H groups in total. The van der Waals surface area contributed by atoms with Crippen molar-refractivity contribution in [2.24, 2.45) is 0 Å². The fourth-order valence-electron chi connectivity index (χ4n) is 4.05. The van der Waals surface area contributed by atoms with E-state index in [0.29, 0.717) is 12.1 Å². The van der Waals surface area contributed by atoms with E-state index in [1.165, 1.54) is 5.56 Å². The lowest BCUT2D eigenvalue weighted by Gasteiger charge is -2.37. The van der Waals surface area contributed by atoms with E-state index in [0.717, 1.165) is 42.7 Å². The molecule has 1 unspecified atom stereocenters. The molecule has 28 heavy (non-hydrogen) atoms. The molecule has 0 saturated carbocycles. The molecule has 3 heterocycles. The first-order valence-electron chi connectivity index (χ1n) is 9.76. The van der Waals surface area contributed by atoms with Crippen molar-refractivity contribution in [3.05, 3.63) is 78.4 Å². The minimum atomic E-state index is 0.203. The molecule has 0 radical (unpaired) electrons. The molecule has 0 amide bonds. The summed E-state index contributed by atoms with van der Waals surface area (Å²) >= 11 is 0. The first-order chi connectivity index (χ1) is 13.9. The molecular weight excluding hydrogens is 350 g/mol. The number of rotatable bonds is 5. The number of hydrogen-bond donors (Lipinski definition) is 2. The van der Waals surface area contributed by atoms with Gasteiger partial charge >= 0.3 is 0 Å². The van der Waals surface area contributed by atoms with Crippen molar-refractivity contribution in [2.75, 3.05) is 18.4 Å². The molecule has 6 heteroatoms. The van der Waals surface area contributed by atoms with Gasteiger partial charge in [0.2, 0.25) is 0 Å². The summed E-state index contributed by atoms with van der Waals surface area (Å²) in [5.74, 6) is 0. The number of oxazole rings is 1. The summed E-state index contributed by atoms with van der Waals surface area (Å²) in [4.78, 5) is 14.6. The lowest BCUT2D eigenvalue weighted by Crippen LogP contribution is -2.41. The zero-order chi connectivity index (χ0) is 18.8. The van der Waals surface area contributed by atoms with Crippen LogP contribution in [0.2, 0.25) is 0 Å². The maximum absolute atomic E-state index is 5.82. The Balaban J connectivity index is 1.28. The van der Waals surface area contributed by atoms with E-state index in [-0.39, 0.29) is 6.04 Å². The first kappa shape index (κ1) is 17.0. The number of imidazole rings is 1. The van der Waals surface area contributed by atoms with Crippen LogP contribution in [0.1, 0.15) is 30.1 Å². The number of nitrogens with one attached hydrogen (secondary N) is 2.